The normalized spacial score (nSPS) is 14.2. The van der Waals surface area contributed by atoms with E-state index in [-0.39, 0.29) is 17.9 Å². The van der Waals surface area contributed by atoms with E-state index < -0.39 is 0 Å². The fourth-order valence-electron chi connectivity index (χ4n) is 1.70. The highest BCUT2D eigenvalue weighted by Gasteiger charge is 2.19. The van der Waals surface area contributed by atoms with Crippen LogP contribution < -0.4 is 5.32 Å². The SMILES string of the molecule is CC[C@H](C)NC(=O)[C@H](CC)c1ccccc1. The molecular formula is C14H21NO. The molecule has 2 atom stereocenters. The lowest BCUT2D eigenvalue weighted by Crippen LogP contribution is -2.35. The van der Waals surface area contributed by atoms with Gasteiger partial charge in [-0.3, -0.25) is 4.79 Å². The molecule has 16 heavy (non-hydrogen) atoms. The van der Waals surface area contributed by atoms with E-state index in [9.17, 15) is 4.79 Å². The van der Waals surface area contributed by atoms with Crippen LogP contribution in [0.2, 0.25) is 0 Å². The Morgan fingerprint density at radius 2 is 1.81 bits per heavy atom. The number of rotatable bonds is 5. The van der Waals surface area contributed by atoms with Crippen molar-refractivity contribution in [1.29, 1.82) is 0 Å². The monoisotopic (exact) mass is 219 g/mol. The van der Waals surface area contributed by atoms with E-state index in [0.717, 1.165) is 18.4 Å². The number of carbonyl (C=O) groups is 1. The van der Waals surface area contributed by atoms with Gasteiger partial charge in [-0.15, -0.1) is 0 Å². The molecule has 0 aromatic heterocycles. The van der Waals surface area contributed by atoms with Crippen LogP contribution in [0.3, 0.4) is 0 Å². The standard InChI is InChI=1S/C14H21NO/c1-4-11(3)15-14(16)13(5-2)12-9-7-6-8-10-12/h6-11,13H,4-5H2,1-3H3,(H,15,16)/t11-,13+/m0/s1. The van der Waals surface area contributed by atoms with Gasteiger partial charge in [-0.05, 0) is 25.3 Å². The van der Waals surface area contributed by atoms with Crippen molar-refractivity contribution < 1.29 is 4.79 Å². The van der Waals surface area contributed by atoms with E-state index in [4.69, 9.17) is 0 Å². The summed E-state index contributed by atoms with van der Waals surface area (Å²) < 4.78 is 0. The van der Waals surface area contributed by atoms with Gasteiger partial charge >= 0.3 is 0 Å². The molecular weight excluding hydrogens is 198 g/mol. The highest BCUT2D eigenvalue weighted by Crippen LogP contribution is 2.19. The van der Waals surface area contributed by atoms with Gasteiger partial charge in [0.2, 0.25) is 5.91 Å². The summed E-state index contributed by atoms with van der Waals surface area (Å²) >= 11 is 0. The first-order chi connectivity index (χ1) is 7.69. The van der Waals surface area contributed by atoms with Crippen LogP contribution in [0.1, 0.15) is 45.1 Å². The Kier molecular flexibility index (Phi) is 5.03. The molecule has 0 saturated carbocycles. The average Bonchev–Trinajstić information content (AvgIpc) is 2.31. The molecule has 1 amide bonds. The first-order valence-corrected chi connectivity index (χ1v) is 6.04. The number of benzene rings is 1. The predicted molar refractivity (Wildman–Crippen MR) is 67.4 cm³/mol. The van der Waals surface area contributed by atoms with Crippen LogP contribution >= 0.6 is 0 Å². The Hall–Kier alpha value is -1.31. The molecule has 0 aliphatic carbocycles. The van der Waals surface area contributed by atoms with Crippen molar-refractivity contribution in [2.24, 2.45) is 0 Å². The number of hydrogen-bond donors (Lipinski definition) is 1. The van der Waals surface area contributed by atoms with Crippen LogP contribution in [-0.2, 0) is 4.79 Å². The second-order valence-corrected chi connectivity index (χ2v) is 4.19. The van der Waals surface area contributed by atoms with E-state index in [0.29, 0.717) is 0 Å². The summed E-state index contributed by atoms with van der Waals surface area (Å²) in [6, 6.07) is 10.2. The molecule has 1 rings (SSSR count). The smallest absolute Gasteiger partial charge is 0.227 e. The van der Waals surface area contributed by atoms with Crippen LogP contribution in [-0.4, -0.2) is 11.9 Å². The molecule has 1 aromatic carbocycles. The molecule has 0 unspecified atom stereocenters. The first-order valence-electron chi connectivity index (χ1n) is 6.04. The minimum absolute atomic E-state index is 0.0183. The number of carbonyl (C=O) groups excluding carboxylic acids is 1. The Balaban J connectivity index is 2.71. The second-order valence-electron chi connectivity index (χ2n) is 4.19. The number of nitrogens with one attached hydrogen (secondary N) is 1. The fraction of sp³-hybridized carbons (Fsp3) is 0.500. The van der Waals surface area contributed by atoms with Crippen LogP contribution in [0.4, 0.5) is 0 Å². The topological polar surface area (TPSA) is 29.1 Å². The van der Waals surface area contributed by atoms with Crippen molar-refractivity contribution in [2.75, 3.05) is 0 Å². The zero-order valence-electron chi connectivity index (χ0n) is 10.4. The average molecular weight is 219 g/mol. The zero-order chi connectivity index (χ0) is 12.0. The summed E-state index contributed by atoms with van der Waals surface area (Å²) in [4.78, 5) is 12.0. The Morgan fingerprint density at radius 3 is 2.31 bits per heavy atom. The Morgan fingerprint density at radius 1 is 1.19 bits per heavy atom. The van der Waals surface area contributed by atoms with Gasteiger partial charge in [0, 0.05) is 6.04 Å². The molecule has 1 aromatic rings. The van der Waals surface area contributed by atoms with E-state index in [1.165, 1.54) is 0 Å². The first kappa shape index (κ1) is 12.8. The summed E-state index contributed by atoms with van der Waals surface area (Å²) in [5.74, 6) is 0.123. The van der Waals surface area contributed by atoms with E-state index >= 15 is 0 Å². The summed E-state index contributed by atoms with van der Waals surface area (Å²) in [7, 11) is 0. The van der Waals surface area contributed by atoms with Gasteiger partial charge in [0.1, 0.15) is 0 Å². The molecule has 0 aliphatic rings. The predicted octanol–water partition coefficient (Wildman–Crippen LogP) is 3.09. The van der Waals surface area contributed by atoms with Crippen LogP contribution in [0.15, 0.2) is 30.3 Å². The Bertz CT molecular complexity index is 321. The Labute approximate surface area is 98.1 Å². The molecule has 0 bridgehead atoms. The lowest BCUT2D eigenvalue weighted by Gasteiger charge is -2.18. The molecule has 1 N–H and O–H groups in total. The lowest BCUT2D eigenvalue weighted by atomic mass is 9.95. The summed E-state index contributed by atoms with van der Waals surface area (Å²) in [5, 5.41) is 3.04. The maximum absolute atomic E-state index is 12.0. The molecule has 0 heterocycles. The third kappa shape index (κ3) is 3.37. The van der Waals surface area contributed by atoms with Crippen molar-refractivity contribution >= 4 is 5.91 Å². The van der Waals surface area contributed by atoms with E-state index in [2.05, 4.69) is 12.2 Å². The minimum Gasteiger partial charge on any atom is -0.353 e. The maximum atomic E-state index is 12.0. The molecule has 2 heteroatoms. The molecule has 2 nitrogen and oxygen atoms in total. The van der Waals surface area contributed by atoms with Crippen LogP contribution in [0, 0.1) is 0 Å². The third-order valence-corrected chi connectivity index (χ3v) is 2.93. The quantitative estimate of drug-likeness (QED) is 0.810. The molecule has 0 spiro atoms. The molecule has 0 fully saturated rings. The molecule has 0 radical (unpaired) electrons. The van der Waals surface area contributed by atoms with Crippen molar-refractivity contribution in [1.82, 2.24) is 5.32 Å². The largest absolute Gasteiger partial charge is 0.353 e. The molecule has 88 valence electrons. The molecule has 0 saturated heterocycles. The third-order valence-electron chi connectivity index (χ3n) is 2.93. The maximum Gasteiger partial charge on any atom is 0.227 e. The van der Waals surface area contributed by atoms with Crippen molar-refractivity contribution in [3.05, 3.63) is 35.9 Å². The summed E-state index contributed by atoms with van der Waals surface area (Å²) in [6.07, 6.45) is 1.81. The summed E-state index contributed by atoms with van der Waals surface area (Å²) in [6.45, 7) is 6.16. The van der Waals surface area contributed by atoms with Gasteiger partial charge in [-0.1, -0.05) is 44.2 Å². The van der Waals surface area contributed by atoms with Crippen LogP contribution in [0.25, 0.3) is 0 Å². The van der Waals surface area contributed by atoms with E-state index in [1.54, 1.807) is 0 Å². The zero-order valence-corrected chi connectivity index (χ0v) is 10.4. The van der Waals surface area contributed by atoms with E-state index in [1.807, 2.05) is 44.2 Å². The van der Waals surface area contributed by atoms with Gasteiger partial charge < -0.3 is 5.32 Å². The van der Waals surface area contributed by atoms with Crippen molar-refractivity contribution in [3.8, 4) is 0 Å². The minimum atomic E-state index is -0.0183. The van der Waals surface area contributed by atoms with Crippen LogP contribution in [0.5, 0.6) is 0 Å². The van der Waals surface area contributed by atoms with Gasteiger partial charge in [-0.25, -0.2) is 0 Å². The summed E-state index contributed by atoms with van der Waals surface area (Å²) in [5.41, 5.74) is 1.10. The number of hydrogen-bond acceptors (Lipinski definition) is 1. The van der Waals surface area contributed by atoms with Gasteiger partial charge in [0.25, 0.3) is 0 Å². The number of amides is 1. The molecule has 0 aliphatic heterocycles. The second kappa shape index (κ2) is 6.31. The fourth-order valence-corrected chi connectivity index (χ4v) is 1.70. The van der Waals surface area contributed by atoms with Crippen molar-refractivity contribution in [3.63, 3.8) is 0 Å². The van der Waals surface area contributed by atoms with Gasteiger partial charge in [0.15, 0.2) is 0 Å². The highest BCUT2D eigenvalue weighted by molar-refractivity contribution is 5.83. The van der Waals surface area contributed by atoms with Gasteiger partial charge in [-0.2, -0.15) is 0 Å². The van der Waals surface area contributed by atoms with Crippen molar-refractivity contribution in [2.45, 2.75) is 45.6 Å². The lowest BCUT2D eigenvalue weighted by molar-refractivity contribution is -0.123. The highest BCUT2D eigenvalue weighted by atomic mass is 16.1. The van der Waals surface area contributed by atoms with Gasteiger partial charge in [0.05, 0.1) is 5.92 Å².